The summed E-state index contributed by atoms with van der Waals surface area (Å²) >= 11 is 5.92. The van der Waals surface area contributed by atoms with Crippen molar-refractivity contribution in [1.29, 1.82) is 0 Å². The number of unbranched alkanes of at least 4 members (excludes halogenated alkanes) is 3. The van der Waals surface area contributed by atoms with E-state index >= 15 is 0 Å². The van der Waals surface area contributed by atoms with Crippen molar-refractivity contribution in [3.8, 4) is 0 Å². The van der Waals surface area contributed by atoms with Crippen LogP contribution in [0.1, 0.15) is 25.7 Å². The Bertz CT molecular complexity index is 372. The summed E-state index contributed by atoms with van der Waals surface area (Å²) in [6.07, 6.45) is 3.74. The van der Waals surface area contributed by atoms with Crippen LogP contribution in [0.25, 0.3) is 0 Å². The zero-order valence-corrected chi connectivity index (χ0v) is 11.0. The van der Waals surface area contributed by atoms with Crippen LogP contribution in [0, 0.1) is 0 Å². The van der Waals surface area contributed by atoms with E-state index in [1.165, 1.54) is 0 Å². The number of benzene rings is 1. The van der Waals surface area contributed by atoms with Gasteiger partial charge < -0.3 is 15.7 Å². The van der Waals surface area contributed by atoms with Gasteiger partial charge in [-0.1, -0.05) is 36.6 Å². The number of para-hydroxylation sites is 1. The van der Waals surface area contributed by atoms with E-state index in [1.807, 2.05) is 12.1 Å². The summed E-state index contributed by atoms with van der Waals surface area (Å²) in [4.78, 5) is 11.5. The number of amides is 2. The summed E-state index contributed by atoms with van der Waals surface area (Å²) in [5, 5.41) is 14.6. The van der Waals surface area contributed by atoms with E-state index in [2.05, 4.69) is 10.6 Å². The van der Waals surface area contributed by atoms with Gasteiger partial charge in [-0.05, 0) is 25.0 Å². The lowest BCUT2D eigenvalue weighted by molar-refractivity contribution is 0.251. The average molecular weight is 271 g/mol. The molecule has 100 valence electrons. The van der Waals surface area contributed by atoms with E-state index in [4.69, 9.17) is 16.7 Å². The van der Waals surface area contributed by atoms with E-state index in [0.29, 0.717) is 17.3 Å². The summed E-state index contributed by atoms with van der Waals surface area (Å²) in [7, 11) is 0. The SMILES string of the molecule is O=C(NCCCCCCO)Nc1ccccc1Cl. The molecule has 4 nitrogen and oxygen atoms in total. The highest BCUT2D eigenvalue weighted by Crippen LogP contribution is 2.19. The Labute approximate surface area is 112 Å². The van der Waals surface area contributed by atoms with Crippen LogP contribution in [0.15, 0.2) is 24.3 Å². The molecule has 1 rings (SSSR count). The van der Waals surface area contributed by atoms with Gasteiger partial charge in [-0.2, -0.15) is 0 Å². The number of aliphatic hydroxyl groups is 1. The van der Waals surface area contributed by atoms with E-state index in [-0.39, 0.29) is 12.6 Å². The average Bonchev–Trinajstić information content (AvgIpc) is 2.36. The van der Waals surface area contributed by atoms with Gasteiger partial charge in [0.2, 0.25) is 0 Å². The zero-order valence-electron chi connectivity index (χ0n) is 10.3. The molecule has 0 bridgehead atoms. The molecule has 0 fully saturated rings. The number of anilines is 1. The highest BCUT2D eigenvalue weighted by atomic mass is 35.5. The third-order valence-electron chi connectivity index (χ3n) is 2.49. The molecule has 0 saturated carbocycles. The number of halogens is 1. The number of hydrogen-bond acceptors (Lipinski definition) is 2. The van der Waals surface area contributed by atoms with Crippen LogP contribution in [-0.4, -0.2) is 24.3 Å². The molecule has 1 aromatic carbocycles. The van der Waals surface area contributed by atoms with Crippen LogP contribution in [-0.2, 0) is 0 Å². The molecule has 0 aromatic heterocycles. The minimum absolute atomic E-state index is 0.237. The van der Waals surface area contributed by atoms with Gasteiger partial charge in [0.15, 0.2) is 0 Å². The summed E-state index contributed by atoms with van der Waals surface area (Å²) in [6.45, 7) is 0.863. The highest BCUT2D eigenvalue weighted by molar-refractivity contribution is 6.33. The summed E-state index contributed by atoms with van der Waals surface area (Å²) in [5.41, 5.74) is 0.608. The number of urea groups is 1. The largest absolute Gasteiger partial charge is 0.396 e. The molecule has 0 unspecified atom stereocenters. The highest BCUT2D eigenvalue weighted by Gasteiger charge is 2.03. The van der Waals surface area contributed by atoms with Gasteiger partial charge in [0.25, 0.3) is 0 Å². The third kappa shape index (κ3) is 5.89. The van der Waals surface area contributed by atoms with E-state index in [0.717, 1.165) is 25.7 Å². The first-order valence-electron chi connectivity index (χ1n) is 6.14. The van der Waals surface area contributed by atoms with Gasteiger partial charge in [-0.3, -0.25) is 0 Å². The molecule has 0 atom stereocenters. The number of carbonyl (C=O) groups is 1. The smallest absolute Gasteiger partial charge is 0.319 e. The molecule has 5 heteroatoms. The summed E-state index contributed by atoms with van der Waals surface area (Å²) < 4.78 is 0. The summed E-state index contributed by atoms with van der Waals surface area (Å²) in [6, 6.07) is 6.86. The van der Waals surface area contributed by atoms with Crippen LogP contribution >= 0.6 is 11.6 Å². The molecule has 0 spiro atoms. The minimum atomic E-state index is -0.245. The van der Waals surface area contributed by atoms with Crippen LogP contribution in [0.4, 0.5) is 10.5 Å². The van der Waals surface area contributed by atoms with Gasteiger partial charge in [0.1, 0.15) is 0 Å². The lowest BCUT2D eigenvalue weighted by Crippen LogP contribution is -2.29. The van der Waals surface area contributed by atoms with Crippen molar-refractivity contribution in [2.24, 2.45) is 0 Å². The van der Waals surface area contributed by atoms with Crippen molar-refractivity contribution >= 4 is 23.3 Å². The molecule has 3 N–H and O–H groups in total. The third-order valence-corrected chi connectivity index (χ3v) is 2.82. The van der Waals surface area contributed by atoms with Gasteiger partial charge >= 0.3 is 6.03 Å². The number of nitrogens with one attached hydrogen (secondary N) is 2. The molecular formula is C13H19ClN2O2. The fraction of sp³-hybridized carbons (Fsp3) is 0.462. The maximum atomic E-state index is 11.5. The number of rotatable bonds is 7. The van der Waals surface area contributed by atoms with Crippen LogP contribution in [0.5, 0.6) is 0 Å². The predicted octanol–water partition coefficient (Wildman–Crippen LogP) is 3.01. The number of aliphatic hydroxyl groups excluding tert-OH is 1. The number of hydrogen-bond donors (Lipinski definition) is 3. The van der Waals surface area contributed by atoms with Crippen LogP contribution in [0.2, 0.25) is 5.02 Å². The van der Waals surface area contributed by atoms with Crippen molar-refractivity contribution in [2.75, 3.05) is 18.5 Å². The molecular weight excluding hydrogens is 252 g/mol. The lowest BCUT2D eigenvalue weighted by Gasteiger charge is -2.08. The Hall–Kier alpha value is -1.26. The first kappa shape index (κ1) is 14.8. The molecule has 18 heavy (non-hydrogen) atoms. The van der Waals surface area contributed by atoms with E-state index in [9.17, 15) is 4.79 Å². The van der Waals surface area contributed by atoms with Gasteiger partial charge in [0.05, 0.1) is 10.7 Å². The molecule has 0 aliphatic carbocycles. The first-order chi connectivity index (χ1) is 8.74. The zero-order chi connectivity index (χ0) is 13.2. The van der Waals surface area contributed by atoms with E-state index in [1.54, 1.807) is 12.1 Å². The summed E-state index contributed by atoms with van der Waals surface area (Å²) in [5.74, 6) is 0. The predicted molar refractivity (Wildman–Crippen MR) is 74.0 cm³/mol. The molecule has 0 radical (unpaired) electrons. The van der Waals surface area contributed by atoms with Crippen LogP contribution in [0.3, 0.4) is 0 Å². The van der Waals surface area contributed by atoms with Gasteiger partial charge in [0, 0.05) is 13.2 Å². The van der Waals surface area contributed by atoms with Crippen molar-refractivity contribution < 1.29 is 9.90 Å². The Kier molecular flexibility index (Phi) is 7.22. The topological polar surface area (TPSA) is 61.4 Å². The maximum Gasteiger partial charge on any atom is 0.319 e. The quantitative estimate of drug-likeness (QED) is 0.667. The molecule has 2 amide bonds. The standard InChI is InChI=1S/C13H19ClN2O2/c14-11-7-3-4-8-12(11)16-13(18)15-9-5-1-2-6-10-17/h3-4,7-8,17H,1-2,5-6,9-10H2,(H2,15,16,18). The van der Waals surface area contributed by atoms with Crippen molar-refractivity contribution in [3.05, 3.63) is 29.3 Å². The lowest BCUT2D eigenvalue weighted by atomic mass is 10.2. The van der Waals surface area contributed by atoms with Crippen molar-refractivity contribution in [3.63, 3.8) is 0 Å². The molecule has 0 aliphatic heterocycles. The molecule has 0 heterocycles. The Morgan fingerprint density at radius 1 is 1.17 bits per heavy atom. The van der Waals surface area contributed by atoms with Crippen LogP contribution < -0.4 is 10.6 Å². The van der Waals surface area contributed by atoms with E-state index < -0.39 is 0 Å². The second-order valence-electron chi connectivity index (χ2n) is 4.00. The molecule has 1 aromatic rings. The maximum absolute atomic E-state index is 11.5. The first-order valence-corrected chi connectivity index (χ1v) is 6.52. The van der Waals surface area contributed by atoms with Gasteiger partial charge in [-0.25, -0.2) is 4.79 Å². The fourth-order valence-electron chi connectivity index (χ4n) is 1.52. The Morgan fingerprint density at radius 2 is 1.89 bits per heavy atom. The number of carbonyl (C=O) groups excluding carboxylic acids is 1. The monoisotopic (exact) mass is 270 g/mol. The second-order valence-corrected chi connectivity index (χ2v) is 4.41. The van der Waals surface area contributed by atoms with Crippen molar-refractivity contribution in [1.82, 2.24) is 5.32 Å². The molecule has 0 saturated heterocycles. The molecule has 0 aliphatic rings. The Morgan fingerprint density at radius 3 is 2.61 bits per heavy atom. The van der Waals surface area contributed by atoms with Gasteiger partial charge in [-0.15, -0.1) is 0 Å². The van der Waals surface area contributed by atoms with Crippen molar-refractivity contribution in [2.45, 2.75) is 25.7 Å². The Balaban J connectivity index is 2.16. The minimum Gasteiger partial charge on any atom is -0.396 e. The fourth-order valence-corrected chi connectivity index (χ4v) is 1.70. The second kappa shape index (κ2) is 8.78. The normalized spacial score (nSPS) is 10.1.